The van der Waals surface area contributed by atoms with Crippen LogP contribution < -0.4 is 5.56 Å². The molecule has 0 radical (unpaired) electrons. The molecule has 2 N–H and O–H groups in total. The fourth-order valence-electron chi connectivity index (χ4n) is 9.17. The Morgan fingerprint density at radius 3 is 2.29 bits per heavy atom. The number of non-ortho nitro benzene ring substituents is 1. The van der Waals surface area contributed by atoms with Crippen LogP contribution in [-0.2, 0) is 30.0 Å². The molecule has 0 amide bonds. The number of aryl methyl sites for hydroxylation is 2. The SMILES string of the molecule is CO[C@@]12c3c(C)cc(O)c4c(=O)n(-c5ccc([N+](=O)[O-])cc5)cc(c34)C(=O)[C@@H]1[C@]13COC(=O)c4c(O)cc(C)c(c41)C(=O)[C@H]2[C@@H]3OC(C)=O. The molecule has 1 aromatic heterocycles. The third-order valence-corrected chi connectivity index (χ3v) is 10.7. The summed E-state index contributed by atoms with van der Waals surface area (Å²) in [6.07, 6.45) is -0.166. The summed E-state index contributed by atoms with van der Waals surface area (Å²) in [6.45, 7) is 3.82. The van der Waals surface area contributed by atoms with Crippen LogP contribution in [0.1, 0.15) is 60.3 Å². The highest BCUT2D eigenvalue weighted by Gasteiger charge is 2.80. The van der Waals surface area contributed by atoms with Crippen molar-refractivity contribution in [2.75, 3.05) is 13.7 Å². The molecule has 14 heteroatoms. The Kier molecular flexibility index (Phi) is 5.96. The minimum absolute atomic E-state index is 0.0193. The number of aromatic nitrogens is 1. The average molecular weight is 667 g/mol. The molecule has 1 fully saturated rings. The number of hydrogen-bond acceptors (Lipinski definition) is 12. The maximum atomic E-state index is 15.3. The van der Waals surface area contributed by atoms with Crippen molar-refractivity contribution in [3.63, 3.8) is 0 Å². The molecule has 1 saturated carbocycles. The zero-order valence-corrected chi connectivity index (χ0v) is 26.4. The number of hydrogen-bond donors (Lipinski definition) is 2. The third-order valence-electron chi connectivity index (χ3n) is 10.7. The van der Waals surface area contributed by atoms with Gasteiger partial charge in [0.05, 0.1) is 27.6 Å². The lowest BCUT2D eigenvalue weighted by Crippen LogP contribution is -2.57. The van der Waals surface area contributed by atoms with Crippen LogP contribution in [-0.4, -0.2) is 63.0 Å². The van der Waals surface area contributed by atoms with E-state index in [-0.39, 0.29) is 50.0 Å². The number of methoxy groups -OCH3 is 1. The summed E-state index contributed by atoms with van der Waals surface area (Å²) < 4.78 is 19.0. The second kappa shape index (κ2) is 9.60. The lowest BCUT2D eigenvalue weighted by atomic mass is 9.59. The maximum absolute atomic E-state index is 15.3. The first-order valence-electron chi connectivity index (χ1n) is 15.2. The van der Waals surface area contributed by atoms with E-state index >= 15 is 4.79 Å². The first kappa shape index (κ1) is 30.4. The van der Waals surface area contributed by atoms with Gasteiger partial charge in [-0.2, -0.15) is 0 Å². The predicted molar refractivity (Wildman–Crippen MR) is 167 cm³/mol. The number of phenols is 2. The highest BCUT2D eigenvalue weighted by molar-refractivity contribution is 6.19. The van der Waals surface area contributed by atoms with E-state index in [1.54, 1.807) is 13.8 Å². The second-order valence-electron chi connectivity index (χ2n) is 12.9. The van der Waals surface area contributed by atoms with Crippen LogP contribution >= 0.6 is 0 Å². The Hall–Kier alpha value is -5.89. The molecule has 248 valence electrons. The zero-order chi connectivity index (χ0) is 35.1. The van der Waals surface area contributed by atoms with E-state index in [1.165, 1.54) is 49.7 Å². The van der Waals surface area contributed by atoms with Gasteiger partial charge in [-0.25, -0.2) is 4.79 Å². The number of nitrogens with zero attached hydrogens (tertiary/aromatic N) is 2. The standard InChI is InChI=1S/C35H26N2O12/c1-13-9-20(40)24-26-21(13)29(42)27-31(49-15(3)38)34(26,12-48-33(24)44)30-28(41)18-11-36(16-5-7-17(8-6-16)37(45)46)32(43)23-19(39)10-14(2)25(22(18)23)35(27,30)47-4/h5-11,27,30-31,39-40H,12H2,1-4H3/t27-,30+,31-,34-,35+/m0/s1. The van der Waals surface area contributed by atoms with Crippen LogP contribution in [0, 0.1) is 35.8 Å². The van der Waals surface area contributed by atoms with Gasteiger partial charge in [-0.1, -0.05) is 0 Å². The third kappa shape index (κ3) is 3.40. The van der Waals surface area contributed by atoms with Crippen molar-refractivity contribution in [2.45, 2.75) is 37.9 Å². The van der Waals surface area contributed by atoms with Gasteiger partial charge in [0.15, 0.2) is 11.6 Å². The average Bonchev–Trinajstić information content (AvgIpc) is 3.22. The van der Waals surface area contributed by atoms with Crippen molar-refractivity contribution >= 4 is 40.0 Å². The molecule has 3 aliphatic carbocycles. The van der Waals surface area contributed by atoms with Crippen LogP contribution in [0.25, 0.3) is 16.5 Å². The number of carbonyl (C=O) groups is 4. The lowest BCUT2D eigenvalue weighted by molar-refractivity contribution is -0.384. The molecule has 1 spiro atoms. The van der Waals surface area contributed by atoms with E-state index in [0.29, 0.717) is 11.1 Å². The number of nitro groups is 1. The number of ether oxygens (including phenoxy) is 3. The van der Waals surface area contributed by atoms with Gasteiger partial charge in [0, 0.05) is 54.6 Å². The number of cyclic esters (lactones) is 1. The van der Waals surface area contributed by atoms with Crippen LogP contribution in [0.15, 0.2) is 47.4 Å². The Bertz CT molecular complexity index is 2360. The van der Waals surface area contributed by atoms with Crippen molar-refractivity contribution in [3.05, 3.63) is 102 Å². The van der Waals surface area contributed by atoms with E-state index in [0.717, 1.165) is 11.5 Å². The number of nitro benzene ring substituents is 1. The Morgan fingerprint density at radius 2 is 1.65 bits per heavy atom. The summed E-state index contributed by atoms with van der Waals surface area (Å²) in [6, 6.07) is 7.60. The largest absolute Gasteiger partial charge is 0.507 e. The molecule has 0 saturated heterocycles. The minimum atomic E-state index is -1.93. The monoisotopic (exact) mass is 666 g/mol. The molecule has 0 unspecified atom stereocenters. The van der Waals surface area contributed by atoms with Crippen molar-refractivity contribution < 1.29 is 48.5 Å². The molecule has 2 heterocycles. The van der Waals surface area contributed by atoms with E-state index in [4.69, 9.17) is 14.2 Å². The molecule has 1 aliphatic heterocycles. The molecule has 3 aromatic carbocycles. The van der Waals surface area contributed by atoms with Crippen LogP contribution in [0.2, 0.25) is 0 Å². The fraction of sp³-hybridized carbons (Fsp3) is 0.286. The molecular weight excluding hydrogens is 640 g/mol. The summed E-state index contributed by atoms with van der Waals surface area (Å²) in [5.74, 6) is -6.77. The first-order chi connectivity index (χ1) is 23.2. The summed E-state index contributed by atoms with van der Waals surface area (Å²) in [4.78, 5) is 81.2. The number of benzene rings is 3. The van der Waals surface area contributed by atoms with Gasteiger partial charge in [-0.05, 0) is 60.4 Å². The Balaban J connectivity index is 1.54. The number of rotatable bonds is 4. The quantitative estimate of drug-likeness (QED) is 0.183. The zero-order valence-electron chi connectivity index (χ0n) is 26.4. The number of ketones is 2. The van der Waals surface area contributed by atoms with E-state index in [1.807, 2.05) is 0 Å². The van der Waals surface area contributed by atoms with Crippen LogP contribution in [0.4, 0.5) is 5.69 Å². The number of esters is 2. The summed E-state index contributed by atoms with van der Waals surface area (Å²) in [5, 5.41) is 33.4. The van der Waals surface area contributed by atoms with Crippen LogP contribution in [0.5, 0.6) is 11.5 Å². The van der Waals surface area contributed by atoms with Crippen molar-refractivity contribution in [1.29, 1.82) is 0 Å². The van der Waals surface area contributed by atoms with Crippen molar-refractivity contribution in [3.8, 4) is 17.2 Å². The van der Waals surface area contributed by atoms with Gasteiger partial charge in [0.2, 0.25) is 0 Å². The second-order valence-corrected chi connectivity index (χ2v) is 12.9. The molecular formula is C35H26N2O12. The van der Waals surface area contributed by atoms with E-state index < -0.39 is 81.0 Å². The molecule has 49 heavy (non-hydrogen) atoms. The Morgan fingerprint density at radius 1 is 0.980 bits per heavy atom. The number of Topliss-reactive ketones (excluding diaryl/α,β-unsaturated/α-hetero) is 2. The number of aromatic hydroxyl groups is 2. The molecule has 8 rings (SSSR count). The minimum Gasteiger partial charge on any atom is -0.507 e. The topological polar surface area (TPSA) is 202 Å². The molecule has 14 nitrogen and oxygen atoms in total. The highest BCUT2D eigenvalue weighted by atomic mass is 16.6. The maximum Gasteiger partial charge on any atom is 0.342 e. The van der Waals surface area contributed by atoms with Gasteiger partial charge in [0.1, 0.15) is 35.4 Å². The summed E-state index contributed by atoms with van der Waals surface area (Å²) in [7, 11) is 1.29. The summed E-state index contributed by atoms with van der Waals surface area (Å²) in [5.41, 5.74) is -3.92. The molecule has 4 aliphatic rings. The first-order valence-corrected chi connectivity index (χ1v) is 15.2. The van der Waals surface area contributed by atoms with Crippen LogP contribution in [0.3, 0.4) is 0 Å². The van der Waals surface area contributed by atoms with Crippen molar-refractivity contribution in [2.24, 2.45) is 11.8 Å². The molecule has 2 bridgehead atoms. The normalized spacial score (nSPS) is 25.9. The Labute approximate surface area is 275 Å². The number of fused-ring (bicyclic) bond motifs is 4. The fourth-order valence-corrected chi connectivity index (χ4v) is 9.17. The van der Waals surface area contributed by atoms with Crippen molar-refractivity contribution in [1.82, 2.24) is 4.57 Å². The van der Waals surface area contributed by atoms with Gasteiger partial charge < -0.3 is 24.4 Å². The van der Waals surface area contributed by atoms with E-state index in [9.17, 15) is 39.5 Å². The smallest absolute Gasteiger partial charge is 0.342 e. The highest BCUT2D eigenvalue weighted by Crippen LogP contribution is 2.70. The van der Waals surface area contributed by atoms with Gasteiger partial charge >= 0.3 is 11.9 Å². The van der Waals surface area contributed by atoms with Gasteiger partial charge in [-0.3, -0.25) is 33.9 Å². The van der Waals surface area contributed by atoms with E-state index in [2.05, 4.69) is 0 Å². The number of carbonyl (C=O) groups excluding carboxylic acids is 4. The predicted octanol–water partition coefficient (Wildman–Crippen LogP) is 3.45. The number of phenolic OH excluding ortho intramolecular Hbond substituents is 2. The summed E-state index contributed by atoms with van der Waals surface area (Å²) >= 11 is 0. The lowest BCUT2D eigenvalue weighted by Gasteiger charge is -2.47. The molecule has 5 atom stereocenters. The van der Waals surface area contributed by atoms with Gasteiger partial charge in [0.25, 0.3) is 11.2 Å². The molecule has 4 aromatic rings. The number of pyridine rings is 1. The van der Waals surface area contributed by atoms with Gasteiger partial charge in [-0.15, -0.1) is 0 Å².